The molecule has 2 unspecified atom stereocenters. The number of hydrogen-bond acceptors (Lipinski definition) is 8. The SMILES string of the molecule is C=CC(=O)N1CCN(c2nc(OCc3ccccn3)nc3c2NC(=O)C2(CCCc4ccccc42)C3)CC1CC#N. The van der Waals surface area contributed by atoms with E-state index in [2.05, 4.69) is 35.1 Å². The second kappa shape index (κ2) is 11.0. The van der Waals surface area contributed by atoms with Crippen molar-refractivity contribution < 1.29 is 14.3 Å². The average Bonchev–Trinajstić information content (AvgIpc) is 3.01. The van der Waals surface area contributed by atoms with E-state index in [1.165, 1.54) is 11.6 Å². The number of piperazine rings is 1. The lowest BCUT2D eigenvalue weighted by atomic mass is 9.65. The molecule has 41 heavy (non-hydrogen) atoms. The zero-order valence-corrected chi connectivity index (χ0v) is 22.8. The lowest BCUT2D eigenvalue weighted by molar-refractivity contribution is -0.128. The fraction of sp³-hybridized carbons (Fsp3) is 0.355. The summed E-state index contributed by atoms with van der Waals surface area (Å²) in [6.07, 6.45) is 6.16. The van der Waals surface area contributed by atoms with Gasteiger partial charge in [0, 0.05) is 32.3 Å². The average molecular weight is 550 g/mol. The zero-order chi connectivity index (χ0) is 28.4. The normalized spacial score (nSPS) is 21.3. The number of carbonyl (C=O) groups excluding carboxylic acids is 2. The van der Waals surface area contributed by atoms with Gasteiger partial charge in [0.1, 0.15) is 12.3 Å². The van der Waals surface area contributed by atoms with Gasteiger partial charge in [-0.2, -0.15) is 15.2 Å². The molecule has 1 fully saturated rings. The van der Waals surface area contributed by atoms with Gasteiger partial charge in [-0.15, -0.1) is 0 Å². The van der Waals surface area contributed by atoms with Crippen molar-refractivity contribution in [3.8, 4) is 12.1 Å². The van der Waals surface area contributed by atoms with Gasteiger partial charge < -0.3 is 19.9 Å². The van der Waals surface area contributed by atoms with Gasteiger partial charge in [0.15, 0.2) is 5.82 Å². The molecule has 1 spiro atoms. The Balaban J connectivity index is 1.39. The van der Waals surface area contributed by atoms with Gasteiger partial charge in [0.25, 0.3) is 0 Å². The molecular weight excluding hydrogens is 518 g/mol. The number of pyridine rings is 1. The predicted octanol–water partition coefficient (Wildman–Crippen LogP) is 3.34. The Morgan fingerprint density at radius 2 is 2.07 bits per heavy atom. The summed E-state index contributed by atoms with van der Waals surface area (Å²) in [5, 5.41) is 12.7. The molecule has 1 saturated heterocycles. The van der Waals surface area contributed by atoms with Crippen LogP contribution in [0.4, 0.5) is 11.5 Å². The molecule has 0 saturated carbocycles. The molecule has 2 atom stereocenters. The molecule has 1 N–H and O–H groups in total. The number of nitriles is 1. The van der Waals surface area contributed by atoms with Crippen LogP contribution in [0.3, 0.4) is 0 Å². The van der Waals surface area contributed by atoms with E-state index < -0.39 is 5.41 Å². The van der Waals surface area contributed by atoms with Gasteiger partial charge in [-0.3, -0.25) is 14.6 Å². The van der Waals surface area contributed by atoms with E-state index in [0.29, 0.717) is 43.3 Å². The molecule has 2 aromatic heterocycles. The van der Waals surface area contributed by atoms with Crippen LogP contribution < -0.4 is 15.0 Å². The maximum atomic E-state index is 13.9. The molecule has 3 aromatic rings. The van der Waals surface area contributed by atoms with Gasteiger partial charge >= 0.3 is 6.01 Å². The highest BCUT2D eigenvalue weighted by Crippen LogP contribution is 2.46. The molecule has 2 amide bonds. The highest BCUT2D eigenvalue weighted by atomic mass is 16.5. The maximum absolute atomic E-state index is 13.9. The van der Waals surface area contributed by atoms with Crippen molar-refractivity contribution >= 4 is 23.3 Å². The van der Waals surface area contributed by atoms with Crippen LogP contribution >= 0.6 is 0 Å². The van der Waals surface area contributed by atoms with Crippen molar-refractivity contribution in [3.63, 3.8) is 0 Å². The Morgan fingerprint density at radius 3 is 2.88 bits per heavy atom. The quantitative estimate of drug-likeness (QED) is 0.465. The fourth-order valence-corrected chi connectivity index (χ4v) is 6.32. The Hall–Kier alpha value is -4.78. The number of nitrogens with one attached hydrogen (secondary N) is 1. The van der Waals surface area contributed by atoms with Crippen LogP contribution in [0.25, 0.3) is 0 Å². The third kappa shape index (κ3) is 4.88. The molecule has 1 aromatic carbocycles. The zero-order valence-electron chi connectivity index (χ0n) is 22.8. The van der Waals surface area contributed by atoms with Crippen LogP contribution in [0.5, 0.6) is 6.01 Å². The second-order valence-electron chi connectivity index (χ2n) is 10.7. The summed E-state index contributed by atoms with van der Waals surface area (Å²) in [5.41, 5.74) is 3.55. The molecule has 0 bridgehead atoms. The number of amides is 2. The van der Waals surface area contributed by atoms with Crippen molar-refractivity contribution in [1.82, 2.24) is 19.9 Å². The number of carbonyl (C=O) groups is 2. The summed E-state index contributed by atoms with van der Waals surface area (Å²) in [6.45, 7) is 5.04. The number of aryl methyl sites for hydroxylation is 1. The number of nitrogens with zero attached hydrogens (tertiary/aromatic N) is 6. The van der Waals surface area contributed by atoms with Crippen LogP contribution in [0.15, 0.2) is 61.3 Å². The lowest BCUT2D eigenvalue weighted by Gasteiger charge is -2.44. The Labute approximate surface area is 238 Å². The summed E-state index contributed by atoms with van der Waals surface area (Å²) in [4.78, 5) is 44.0. The fourth-order valence-electron chi connectivity index (χ4n) is 6.32. The van der Waals surface area contributed by atoms with Crippen LogP contribution in [0.2, 0.25) is 0 Å². The van der Waals surface area contributed by atoms with Gasteiger partial charge in [-0.1, -0.05) is 36.9 Å². The molecular formula is C31H31N7O3. The standard InChI is InChI=1S/C31H31N7O3/c1-2-26(39)38-17-16-37(19-23(38)12-14-32)28-27-25(34-30(36-28)41-20-22-10-5-6-15-33-22)18-31(29(40)35-27)13-7-9-21-8-3-4-11-24(21)31/h2-6,8,10-11,15,23H,1,7,9,12-13,16-20H2,(H,35,40). The van der Waals surface area contributed by atoms with Crippen LogP contribution in [-0.2, 0) is 34.5 Å². The number of aromatic nitrogens is 3. The van der Waals surface area contributed by atoms with E-state index in [1.807, 2.05) is 35.2 Å². The number of benzene rings is 1. The van der Waals surface area contributed by atoms with Crippen molar-refractivity contribution in [2.75, 3.05) is 29.9 Å². The number of hydrogen-bond donors (Lipinski definition) is 1. The maximum Gasteiger partial charge on any atom is 0.319 e. The summed E-state index contributed by atoms with van der Waals surface area (Å²) in [7, 11) is 0. The number of anilines is 2. The first-order valence-corrected chi connectivity index (χ1v) is 13.9. The van der Waals surface area contributed by atoms with E-state index in [1.54, 1.807) is 11.1 Å². The third-order valence-electron chi connectivity index (χ3n) is 8.31. The van der Waals surface area contributed by atoms with E-state index in [-0.39, 0.29) is 36.9 Å². The largest absolute Gasteiger partial charge is 0.457 e. The van der Waals surface area contributed by atoms with E-state index >= 15 is 0 Å². The third-order valence-corrected chi connectivity index (χ3v) is 8.31. The van der Waals surface area contributed by atoms with Crippen molar-refractivity contribution in [2.45, 2.75) is 50.2 Å². The van der Waals surface area contributed by atoms with E-state index in [9.17, 15) is 14.9 Å². The summed E-state index contributed by atoms with van der Waals surface area (Å²) in [6, 6.07) is 15.8. The van der Waals surface area contributed by atoms with Gasteiger partial charge in [-0.25, -0.2) is 0 Å². The second-order valence-corrected chi connectivity index (χ2v) is 10.7. The molecule has 1 aliphatic carbocycles. The summed E-state index contributed by atoms with van der Waals surface area (Å²) in [5.74, 6) is 0.269. The highest BCUT2D eigenvalue weighted by molar-refractivity contribution is 6.04. The predicted molar refractivity (Wildman–Crippen MR) is 152 cm³/mol. The topological polar surface area (TPSA) is 124 Å². The first kappa shape index (κ1) is 26.4. The Bertz CT molecular complexity index is 1540. The van der Waals surface area contributed by atoms with E-state index in [4.69, 9.17) is 14.7 Å². The van der Waals surface area contributed by atoms with Gasteiger partial charge in [-0.05, 0) is 48.6 Å². The van der Waals surface area contributed by atoms with Crippen molar-refractivity contribution in [1.29, 1.82) is 5.26 Å². The van der Waals surface area contributed by atoms with Crippen LogP contribution in [0, 0.1) is 11.3 Å². The minimum absolute atomic E-state index is 0.0572. The van der Waals surface area contributed by atoms with Gasteiger partial charge in [0.05, 0.1) is 35.3 Å². The Morgan fingerprint density at radius 1 is 1.22 bits per heavy atom. The molecule has 2 aliphatic heterocycles. The number of fused-ring (bicyclic) bond motifs is 3. The molecule has 3 aliphatic rings. The first-order valence-electron chi connectivity index (χ1n) is 13.9. The van der Waals surface area contributed by atoms with Crippen LogP contribution in [-0.4, -0.2) is 57.3 Å². The first-order chi connectivity index (χ1) is 20.0. The van der Waals surface area contributed by atoms with E-state index in [0.717, 1.165) is 30.5 Å². The van der Waals surface area contributed by atoms with Crippen LogP contribution in [0.1, 0.15) is 41.8 Å². The highest BCUT2D eigenvalue weighted by Gasteiger charge is 2.48. The molecule has 10 heteroatoms. The molecule has 208 valence electrons. The smallest absolute Gasteiger partial charge is 0.319 e. The summed E-state index contributed by atoms with van der Waals surface area (Å²) >= 11 is 0. The number of rotatable bonds is 6. The minimum Gasteiger partial charge on any atom is -0.457 e. The molecule has 4 heterocycles. The van der Waals surface area contributed by atoms with Crippen molar-refractivity contribution in [3.05, 3.63) is 83.8 Å². The summed E-state index contributed by atoms with van der Waals surface area (Å²) < 4.78 is 6.06. The van der Waals surface area contributed by atoms with Gasteiger partial charge in [0.2, 0.25) is 11.8 Å². The Kier molecular flexibility index (Phi) is 7.10. The lowest BCUT2D eigenvalue weighted by Crippen LogP contribution is -2.55. The minimum atomic E-state index is -0.718. The molecule has 6 rings (SSSR count). The molecule has 0 radical (unpaired) electrons. The monoisotopic (exact) mass is 549 g/mol. The van der Waals surface area contributed by atoms with Crippen molar-refractivity contribution in [2.24, 2.45) is 0 Å². The number of ether oxygens (including phenoxy) is 1. The molecule has 10 nitrogen and oxygen atoms in total.